The van der Waals surface area contributed by atoms with Crippen LogP contribution in [0.1, 0.15) is 0 Å². The lowest BCUT2D eigenvalue weighted by Gasteiger charge is -2.21. The van der Waals surface area contributed by atoms with Gasteiger partial charge in [-0.1, -0.05) is 72.8 Å². The lowest BCUT2D eigenvalue weighted by atomic mass is 10.0. The Hall–Kier alpha value is -5.37. The molecule has 3 aromatic carbocycles. The second-order valence-corrected chi connectivity index (χ2v) is 9.36. The highest BCUT2D eigenvalue weighted by Gasteiger charge is 2.26. The van der Waals surface area contributed by atoms with Crippen LogP contribution in [0.15, 0.2) is 103 Å². The molecule has 0 bridgehead atoms. The van der Waals surface area contributed by atoms with Gasteiger partial charge in [0, 0.05) is 18.3 Å². The fraction of sp³-hybridized carbons (Fsp3) is 0.0938. The molecule has 196 valence electrons. The summed E-state index contributed by atoms with van der Waals surface area (Å²) in [6.45, 7) is 1.37. The smallest absolute Gasteiger partial charge is 0.228 e. The van der Waals surface area contributed by atoms with E-state index in [9.17, 15) is 0 Å². The Bertz CT molecular complexity index is 1800. The van der Waals surface area contributed by atoms with E-state index in [-0.39, 0.29) is 0 Å². The third-order valence-electron chi connectivity index (χ3n) is 6.88. The molecule has 6 aromatic rings. The summed E-state index contributed by atoms with van der Waals surface area (Å²) in [5.41, 5.74) is 6.99. The molecule has 3 aromatic heterocycles. The zero-order chi connectivity index (χ0) is 26.9. The summed E-state index contributed by atoms with van der Waals surface area (Å²) in [5.74, 6) is 2.65. The summed E-state index contributed by atoms with van der Waals surface area (Å²) in [5, 5.41) is 12.0. The fourth-order valence-corrected chi connectivity index (χ4v) is 5.09. The van der Waals surface area contributed by atoms with Crippen LogP contribution in [0, 0.1) is 0 Å². The molecule has 0 saturated heterocycles. The van der Waals surface area contributed by atoms with Crippen LogP contribution in [0.25, 0.3) is 39.2 Å². The van der Waals surface area contributed by atoms with Gasteiger partial charge in [0.2, 0.25) is 5.88 Å². The molecule has 2 N–H and O–H groups in total. The van der Waals surface area contributed by atoms with Crippen LogP contribution in [0.3, 0.4) is 0 Å². The Kier molecular flexibility index (Phi) is 5.97. The molecule has 1 aliphatic rings. The Morgan fingerprint density at radius 1 is 0.850 bits per heavy atom. The van der Waals surface area contributed by atoms with Crippen LogP contribution >= 0.6 is 0 Å². The summed E-state index contributed by atoms with van der Waals surface area (Å²) in [6, 6.07) is 32.1. The molecule has 0 fully saturated rings. The van der Waals surface area contributed by atoms with Gasteiger partial charge in [0.05, 0.1) is 23.9 Å². The molecule has 8 nitrogen and oxygen atoms in total. The first-order chi connectivity index (χ1) is 19.8. The van der Waals surface area contributed by atoms with Crippen molar-refractivity contribution in [2.45, 2.75) is 0 Å². The predicted molar refractivity (Wildman–Crippen MR) is 157 cm³/mol. The number of nitrogens with zero attached hydrogens (tertiary/aromatic N) is 4. The summed E-state index contributed by atoms with van der Waals surface area (Å²) in [7, 11) is 1.66. The first kappa shape index (κ1) is 23.7. The summed E-state index contributed by atoms with van der Waals surface area (Å²) in [6.07, 6.45) is 1.75. The Morgan fingerprint density at radius 2 is 1.62 bits per heavy atom. The van der Waals surface area contributed by atoms with Crippen LogP contribution < -0.4 is 20.1 Å². The summed E-state index contributed by atoms with van der Waals surface area (Å²) < 4.78 is 13.8. The second kappa shape index (κ2) is 10.1. The van der Waals surface area contributed by atoms with Gasteiger partial charge in [0.15, 0.2) is 5.65 Å². The second-order valence-electron chi connectivity index (χ2n) is 9.36. The van der Waals surface area contributed by atoms with E-state index in [0.717, 1.165) is 51.5 Å². The first-order valence-corrected chi connectivity index (χ1v) is 13.1. The van der Waals surface area contributed by atoms with E-state index >= 15 is 0 Å². The average Bonchev–Trinajstić information content (AvgIpc) is 3.41. The standard InChI is InChI=1S/C32H26N6O2/c1-39-32-28(23-15-16-25-24(20-23)33-18-19-40-25)30(35-26-14-8-9-17-34-26)36-31-27(21-10-4-2-5-11-21)29(37-38(31)32)22-12-6-3-7-13-22/h2-17,20,33H,18-19H2,1H3,(H,34,35,36). The highest BCUT2D eigenvalue weighted by atomic mass is 16.5. The molecule has 1 aliphatic heterocycles. The molecule has 0 radical (unpaired) electrons. The zero-order valence-electron chi connectivity index (χ0n) is 21.8. The van der Waals surface area contributed by atoms with Gasteiger partial charge in [-0.05, 0) is 35.4 Å². The number of rotatable bonds is 6. The Morgan fingerprint density at radius 3 is 2.38 bits per heavy atom. The van der Waals surface area contributed by atoms with Crippen LogP contribution in [0.2, 0.25) is 0 Å². The number of pyridine rings is 1. The summed E-state index contributed by atoms with van der Waals surface area (Å²) >= 11 is 0. The fourth-order valence-electron chi connectivity index (χ4n) is 5.09. The number of methoxy groups -OCH3 is 1. The molecule has 0 spiro atoms. The Balaban J connectivity index is 1.55. The van der Waals surface area contributed by atoms with E-state index in [0.29, 0.717) is 29.8 Å². The minimum Gasteiger partial charge on any atom is -0.490 e. The average molecular weight is 527 g/mol. The third-order valence-corrected chi connectivity index (χ3v) is 6.88. The number of benzene rings is 3. The number of nitrogens with one attached hydrogen (secondary N) is 2. The van der Waals surface area contributed by atoms with Crippen LogP contribution in [-0.2, 0) is 0 Å². The van der Waals surface area contributed by atoms with Crippen molar-refractivity contribution in [2.24, 2.45) is 0 Å². The van der Waals surface area contributed by atoms with Crippen molar-refractivity contribution in [2.75, 3.05) is 30.9 Å². The number of fused-ring (bicyclic) bond motifs is 2. The number of ether oxygens (including phenoxy) is 2. The topological polar surface area (TPSA) is 85.6 Å². The normalized spacial score (nSPS) is 12.3. The van der Waals surface area contributed by atoms with E-state index < -0.39 is 0 Å². The van der Waals surface area contributed by atoms with Crippen LogP contribution in [0.5, 0.6) is 11.6 Å². The van der Waals surface area contributed by atoms with Crippen molar-refractivity contribution < 1.29 is 9.47 Å². The lowest BCUT2D eigenvalue weighted by Crippen LogP contribution is -2.17. The molecule has 0 saturated carbocycles. The number of hydrogen-bond donors (Lipinski definition) is 2. The summed E-state index contributed by atoms with van der Waals surface area (Å²) in [4.78, 5) is 9.71. The van der Waals surface area contributed by atoms with Crippen molar-refractivity contribution in [1.82, 2.24) is 19.6 Å². The van der Waals surface area contributed by atoms with E-state index in [2.05, 4.69) is 45.9 Å². The van der Waals surface area contributed by atoms with E-state index in [1.54, 1.807) is 17.8 Å². The molecule has 8 heteroatoms. The molecular formula is C32H26N6O2. The lowest BCUT2D eigenvalue weighted by molar-refractivity contribution is 0.323. The monoisotopic (exact) mass is 526 g/mol. The van der Waals surface area contributed by atoms with Gasteiger partial charge in [-0.15, -0.1) is 0 Å². The third kappa shape index (κ3) is 4.16. The maximum atomic E-state index is 6.12. The highest BCUT2D eigenvalue weighted by Crippen LogP contribution is 2.44. The van der Waals surface area contributed by atoms with Gasteiger partial charge in [-0.25, -0.2) is 9.97 Å². The van der Waals surface area contributed by atoms with Crippen molar-refractivity contribution in [3.63, 3.8) is 0 Å². The van der Waals surface area contributed by atoms with Crippen molar-refractivity contribution >= 4 is 23.0 Å². The SMILES string of the molecule is COc1c(-c2ccc3c(c2)NCCO3)c(Nc2ccccn2)nc2c(-c3ccccc3)c(-c3ccccc3)nn12. The van der Waals surface area contributed by atoms with E-state index in [1.807, 2.05) is 66.7 Å². The number of hydrogen-bond acceptors (Lipinski definition) is 7. The minimum absolute atomic E-state index is 0.555. The molecule has 0 unspecified atom stereocenters. The van der Waals surface area contributed by atoms with Gasteiger partial charge >= 0.3 is 0 Å². The van der Waals surface area contributed by atoms with Crippen molar-refractivity contribution in [1.29, 1.82) is 0 Å². The molecular weight excluding hydrogens is 500 g/mol. The molecule has 0 amide bonds. The number of anilines is 3. The maximum absolute atomic E-state index is 6.12. The van der Waals surface area contributed by atoms with Crippen LogP contribution in [0.4, 0.5) is 17.3 Å². The van der Waals surface area contributed by atoms with Crippen molar-refractivity contribution in [3.8, 4) is 45.1 Å². The van der Waals surface area contributed by atoms with Gasteiger partial charge in [0.25, 0.3) is 0 Å². The first-order valence-electron chi connectivity index (χ1n) is 13.1. The molecule has 0 aliphatic carbocycles. The maximum Gasteiger partial charge on any atom is 0.228 e. The van der Waals surface area contributed by atoms with Gasteiger partial charge in [-0.3, -0.25) is 0 Å². The minimum atomic E-state index is 0.555. The largest absolute Gasteiger partial charge is 0.490 e. The Labute approximate surface area is 231 Å². The number of aromatic nitrogens is 4. The quantitative estimate of drug-likeness (QED) is 0.250. The molecule has 7 rings (SSSR count). The van der Waals surface area contributed by atoms with Gasteiger partial charge in [-0.2, -0.15) is 9.61 Å². The van der Waals surface area contributed by atoms with Gasteiger partial charge in [0.1, 0.15) is 29.7 Å². The molecule has 4 heterocycles. The van der Waals surface area contributed by atoms with E-state index in [4.69, 9.17) is 19.6 Å². The van der Waals surface area contributed by atoms with Crippen LogP contribution in [-0.4, -0.2) is 39.8 Å². The van der Waals surface area contributed by atoms with Gasteiger partial charge < -0.3 is 20.1 Å². The van der Waals surface area contributed by atoms with E-state index in [1.165, 1.54) is 0 Å². The molecule has 40 heavy (non-hydrogen) atoms. The predicted octanol–water partition coefficient (Wildman–Crippen LogP) is 6.68. The van der Waals surface area contributed by atoms with Crippen molar-refractivity contribution in [3.05, 3.63) is 103 Å². The zero-order valence-corrected chi connectivity index (χ0v) is 21.8. The molecule has 0 atom stereocenters. The highest BCUT2D eigenvalue weighted by molar-refractivity contribution is 5.94.